The maximum Gasteiger partial charge on any atom is 0.129 e. The quantitative estimate of drug-likeness (QED) is 0.732. The fourth-order valence-electron chi connectivity index (χ4n) is 3.30. The van der Waals surface area contributed by atoms with Crippen LogP contribution in [0.1, 0.15) is 18.4 Å². The molecule has 120 valence electrons. The number of benzene rings is 1. The average molecular weight is 327 g/mol. The van der Waals surface area contributed by atoms with Crippen molar-refractivity contribution in [3.05, 3.63) is 47.6 Å². The molecule has 0 aliphatic carbocycles. The van der Waals surface area contributed by atoms with E-state index in [0.717, 1.165) is 38.2 Å². The molecule has 0 radical (unpaired) electrons. The van der Waals surface area contributed by atoms with Crippen LogP contribution in [0.2, 0.25) is 0 Å². The molecule has 0 bridgehead atoms. The van der Waals surface area contributed by atoms with Crippen LogP contribution < -0.4 is 4.74 Å². The molecule has 0 amide bonds. The van der Waals surface area contributed by atoms with Crippen molar-refractivity contribution in [2.24, 2.45) is 7.05 Å². The minimum atomic E-state index is 0.317. The maximum absolute atomic E-state index is 6.32. The molecule has 1 fully saturated rings. The number of hydrogen-bond donors (Lipinski definition) is 0. The van der Waals surface area contributed by atoms with E-state index in [2.05, 4.69) is 56.7 Å². The predicted molar refractivity (Wildman–Crippen MR) is 94.0 cm³/mol. The van der Waals surface area contributed by atoms with Crippen LogP contribution in [0.25, 0.3) is 10.9 Å². The fourth-order valence-corrected chi connectivity index (χ4v) is 3.83. The molecule has 0 spiro atoms. The van der Waals surface area contributed by atoms with Gasteiger partial charge < -0.3 is 9.30 Å². The minimum absolute atomic E-state index is 0.317. The van der Waals surface area contributed by atoms with Crippen molar-refractivity contribution in [1.29, 1.82) is 0 Å². The van der Waals surface area contributed by atoms with Gasteiger partial charge in [0.15, 0.2) is 0 Å². The molecular weight excluding hydrogens is 306 g/mol. The molecule has 1 aliphatic rings. The van der Waals surface area contributed by atoms with E-state index in [1.165, 1.54) is 28.0 Å². The van der Waals surface area contributed by atoms with Crippen molar-refractivity contribution in [2.75, 3.05) is 13.1 Å². The van der Waals surface area contributed by atoms with Gasteiger partial charge in [-0.25, -0.2) is 4.37 Å². The van der Waals surface area contributed by atoms with Crippen LogP contribution in [0.4, 0.5) is 0 Å². The lowest BCUT2D eigenvalue weighted by molar-refractivity contribution is 0.0980. The number of piperidine rings is 1. The van der Waals surface area contributed by atoms with Crippen molar-refractivity contribution in [2.45, 2.75) is 25.5 Å². The van der Waals surface area contributed by atoms with Crippen molar-refractivity contribution >= 4 is 22.4 Å². The van der Waals surface area contributed by atoms with Crippen LogP contribution in [0.15, 0.2) is 42.0 Å². The number of rotatable bonds is 4. The van der Waals surface area contributed by atoms with Gasteiger partial charge in [0.25, 0.3) is 0 Å². The number of nitrogens with zero attached hydrogens (tertiary/aromatic N) is 3. The molecule has 3 heterocycles. The lowest BCUT2D eigenvalue weighted by Crippen LogP contribution is -2.37. The maximum atomic E-state index is 6.32. The van der Waals surface area contributed by atoms with Crippen molar-refractivity contribution in [3.8, 4) is 5.75 Å². The van der Waals surface area contributed by atoms with Crippen LogP contribution in [0.3, 0.4) is 0 Å². The summed E-state index contributed by atoms with van der Waals surface area (Å²) >= 11 is 1.53. The van der Waals surface area contributed by atoms with Gasteiger partial charge in [-0.2, -0.15) is 0 Å². The highest BCUT2D eigenvalue weighted by atomic mass is 32.1. The molecule has 0 atom stereocenters. The van der Waals surface area contributed by atoms with E-state index >= 15 is 0 Å². The topological polar surface area (TPSA) is 30.3 Å². The molecule has 0 saturated carbocycles. The van der Waals surface area contributed by atoms with Gasteiger partial charge in [-0.1, -0.05) is 6.07 Å². The van der Waals surface area contributed by atoms with Crippen LogP contribution in [-0.2, 0) is 13.6 Å². The lowest BCUT2D eigenvalue weighted by atomic mass is 10.1. The number of ether oxygens (including phenoxy) is 1. The molecule has 5 heteroatoms. The van der Waals surface area contributed by atoms with Crippen LogP contribution in [0, 0.1) is 0 Å². The van der Waals surface area contributed by atoms with E-state index in [1.54, 1.807) is 0 Å². The summed E-state index contributed by atoms with van der Waals surface area (Å²) in [5, 5.41) is 3.35. The molecule has 23 heavy (non-hydrogen) atoms. The first-order valence-electron chi connectivity index (χ1n) is 8.11. The first kappa shape index (κ1) is 14.7. The Kier molecular flexibility index (Phi) is 4.06. The number of hydrogen-bond acceptors (Lipinski definition) is 4. The van der Waals surface area contributed by atoms with E-state index in [9.17, 15) is 0 Å². The van der Waals surface area contributed by atoms with Gasteiger partial charge in [-0.15, -0.1) is 0 Å². The Morgan fingerprint density at radius 1 is 1.26 bits per heavy atom. The summed E-state index contributed by atoms with van der Waals surface area (Å²) in [4.78, 5) is 2.49. The smallest absolute Gasteiger partial charge is 0.129 e. The van der Waals surface area contributed by atoms with Crippen molar-refractivity contribution in [1.82, 2.24) is 13.8 Å². The molecule has 4 nitrogen and oxygen atoms in total. The standard InChI is InChI=1S/C18H21N3OS/c1-20-8-7-16-17(20)3-2-4-18(16)22-15-5-9-21(10-6-15)12-14-11-19-23-13-14/h2-4,7-8,11,13,15H,5-6,9-10,12H2,1H3. The second-order valence-electron chi connectivity index (χ2n) is 6.24. The number of aromatic nitrogens is 2. The van der Waals surface area contributed by atoms with Gasteiger partial charge in [-0.3, -0.25) is 4.90 Å². The van der Waals surface area contributed by atoms with E-state index in [0.29, 0.717) is 6.10 Å². The Labute approximate surface area is 140 Å². The Balaban J connectivity index is 1.39. The predicted octanol–water partition coefficient (Wildman–Crippen LogP) is 3.68. The monoisotopic (exact) mass is 327 g/mol. The Bertz CT molecular complexity index is 773. The summed E-state index contributed by atoms with van der Waals surface area (Å²) in [6.45, 7) is 3.19. The highest BCUT2D eigenvalue weighted by Crippen LogP contribution is 2.28. The van der Waals surface area contributed by atoms with Gasteiger partial charge in [0, 0.05) is 49.8 Å². The zero-order valence-corrected chi connectivity index (χ0v) is 14.1. The average Bonchev–Trinajstić information content (AvgIpc) is 3.20. The second kappa shape index (κ2) is 6.34. The Morgan fingerprint density at radius 2 is 2.13 bits per heavy atom. The summed E-state index contributed by atoms with van der Waals surface area (Å²) in [5.74, 6) is 1.02. The molecule has 1 saturated heterocycles. The van der Waals surface area contributed by atoms with Gasteiger partial charge in [0.1, 0.15) is 11.9 Å². The number of fused-ring (bicyclic) bond motifs is 1. The molecule has 2 aromatic heterocycles. The first-order chi connectivity index (χ1) is 11.3. The molecule has 3 aromatic rings. The molecule has 0 unspecified atom stereocenters. The third-order valence-corrected chi connectivity index (χ3v) is 5.24. The minimum Gasteiger partial charge on any atom is -0.490 e. The molecule has 4 rings (SSSR count). The SMILES string of the molecule is Cn1ccc2c(OC3CCN(Cc4cnsc4)CC3)cccc21. The normalized spacial score (nSPS) is 16.9. The van der Waals surface area contributed by atoms with Crippen molar-refractivity contribution < 1.29 is 4.74 Å². The highest BCUT2D eigenvalue weighted by Gasteiger charge is 2.21. The van der Waals surface area contributed by atoms with Gasteiger partial charge in [0.05, 0.1) is 5.52 Å². The molecule has 1 aromatic carbocycles. The second-order valence-corrected chi connectivity index (χ2v) is 6.90. The molecule has 0 N–H and O–H groups in total. The van der Waals surface area contributed by atoms with Gasteiger partial charge >= 0.3 is 0 Å². The third-order valence-electron chi connectivity index (χ3n) is 4.61. The largest absolute Gasteiger partial charge is 0.490 e. The van der Waals surface area contributed by atoms with Gasteiger partial charge in [0.2, 0.25) is 0 Å². The van der Waals surface area contributed by atoms with Crippen LogP contribution in [0.5, 0.6) is 5.75 Å². The fraction of sp³-hybridized carbons (Fsp3) is 0.389. The Morgan fingerprint density at radius 3 is 2.91 bits per heavy atom. The molecular formula is C18H21N3OS. The zero-order chi connectivity index (χ0) is 15.6. The third kappa shape index (κ3) is 3.12. The van der Waals surface area contributed by atoms with Crippen LogP contribution >= 0.6 is 11.5 Å². The first-order valence-corrected chi connectivity index (χ1v) is 8.94. The summed E-state index contributed by atoms with van der Waals surface area (Å²) < 4.78 is 12.6. The van der Waals surface area contributed by atoms with E-state index < -0.39 is 0 Å². The summed E-state index contributed by atoms with van der Waals surface area (Å²) in [7, 11) is 2.07. The zero-order valence-electron chi connectivity index (χ0n) is 13.3. The van der Waals surface area contributed by atoms with Gasteiger partial charge in [-0.05, 0) is 48.1 Å². The lowest BCUT2D eigenvalue weighted by Gasteiger charge is -2.32. The summed E-state index contributed by atoms with van der Waals surface area (Å²) in [5.41, 5.74) is 2.55. The Hall–Kier alpha value is -1.85. The summed E-state index contributed by atoms with van der Waals surface area (Å²) in [6, 6.07) is 8.45. The summed E-state index contributed by atoms with van der Waals surface area (Å²) in [6.07, 6.45) is 6.55. The highest BCUT2D eigenvalue weighted by molar-refractivity contribution is 7.03. The van der Waals surface area contributed by atoms with E-state index in [4.69, 9.17) is 4.74 Å². The number of aryl methyl sites for hydroxylation is 1. The van der Waals surface area contributed by atoms with E-state index in [-0.39, 0.29) is 0 Å². The van der Waals surface area contributed by atoms with E-state index in [1.807, 2.05) is 6.20 Å². The molecule has 1 aliphatic heterocycles. The van der Waals surface area contributed by atoms with Crippen LogP contribution in [-0.4, -0.2) is 33.0 Å². The number of likely N-dealkylation sites (tertiary alicyclic amines) is 1. The van der Waals surface area contributed by atoms with Crippen molar-refractivity contribution in [3.63, 3.8) is 0 Å².